The number of benzene rings is 1. The molecule has 2 heterocycles. The van der Waals surface area contributed by atoms with Crippen molar-refractivity contribution in [2.24, 2.45) is 0 Å². The van der Waals surface area contributed by atoms with Gasteiger partial charge in [0.25, 0.3) is 0 Å². The molecule has 1 aromatic rings. The number of ether oxygens (including phenoxy) is 1. The summed E-state index contributed by atoms with van der Waals surface area (Å²) in [6.07, 6.45) is 0.606. The maximum absolute atomic E-state index is 12.4. The van der Waals surface area contributed by atoms with Gasteiger partial charge in [0.2, 0.25) is 5.91 Å². The Kier molecular flexibility index (Phi) is 5.54. The van der Waals surface area contributed by atoms with Crippen molar-refractivity contribution >= 4 is 5.91 Å². The molecule has 1 atom stereocenters. The van der Waals surface area contributed by atoms with Crippen LogP contribution in [0.2, 0.25) is 0 Å². The average Bonchev–Trinajstić information content (AvgIpc) is 2.61. The Morgan fingerprint density at radius 3 is 2.54 bits per heavy atom. The van der Waals surface area contributed by atoms with E-state index in [1.807, 2.05) is 11.0 Å². The number of morpholine rings is 1. The Morgan fingerprint density at radius 1 is 1.12 bits per heavy atom. The topological polar surface area (TPSA) is 36.0 Å². The van der Waals surface area contributed by atoms with Crippen LogP contribution in [0.1, 0.15) is 18.9 Å². The number of nitrogens with zero attached hydrogens (tertiary/aromatic N) is 3. The molecule has 5 nitrogen and oxygen atoms in total. The van der Waals surface area contributed by atoms with Gasteiger partial charge in [-0.15, -0.1) is 0 Å². The summed E-state index contributed by atoms with van der Waals surface area (Å²) in [4.78, 5) is 19.1. The summed E-state index contributed by atoms with van der Waals surface area (Å²) in [6, 6.07) is 10.4. The fourth-order valence-electron chi connectivity index (χ4n) is 3.58. The molecule has 2 saturated heterocycles. The van der Waals surface area contributed by atoms with Gasteiger partial charge in [-0.1, -0.05) is 30.3 Å². The first-order chi connectivity index (χ1) is 11.6. The van der Waals surface area contributed by atoms with E-state index in [-0.39, 0.29) is 11.5 Å². The minimum Gasteiger partial charge on any atom is -0.368 e. The molecule has 2 aliphatic heterocycles. The third-order valence-corrected chi connectivity index (χ3v) is 5.24. The lowest BCUT2D eigenvalue weighted by atomic mass is 9.94. The second kappa shape index (κ2) is 7.64. The van der Waals surface area contributed by atoms with Crippen LogP contribution in [0.15, 0.2) is 30.3 Å². The van der Waals surface area contributed by atoms with E-state index in [1.54, 1.807) is 0 Å². The van der Waals surface area contributed by atoms with Gasteiger partial charge in [0, 0.05) is 52.2 Å². The summed E-state index contributed by atoms with van der Waals surface area (Å²) in [5, 5.41) is 0. The summed E-state index contributed by atoms with van der Waals surface area (Å²) in [5.41, 5.74) is 0.927. The Bertz CT molecular complexity index is 543. The molecule has 0 spiro atoms. The van der Waals surface area contributed by atoms with E-state index >= 15 is 0 Å². The summed E-state index contributed by atoms with van der Waals surface area (Å²) >= 11 is 0. The largest absolute Gasteiger partial charge is 0.368 e. The van der Waals surface area contributed by atoms with Crippen LogP contribution in [0.5, 0.6) is 0 Å². The van der Waals surface area contributed by atoms with Gasteiger partial charge in [0.05, 0.1) is 6.61 Å². The van der Waals surface area contributed by atoms with E-state index in [2.05, 4.69) is 48.0 Å². The highest BCUT2D eigenvalue weighted by Gasteiger charge is 2.33. The number of amides is 1. The second-order valence-electron chi connectivity index (χ2n) is 7.16. The van der Waals surface area contributed by atoms with Crippen molar-refractivity contribution in [2.45, 2.75) is 18.9 Å². The third-order valence-electron chi connectivity index (χ3n) is 5.24. The summed E-state index contributed by atoms with van der Waals surface area (Å²) in [7, 11) is 2.11. The number of hydrogen-bond acceptors (Lipinski definition) is 4. The normalized spacial score (nSPS) is 26.5. The number of piperazine rings is 1. The molecule has 3 rings (SSSR count). The van der Waals surface area contributed by atoms with Gasteiger partial charge in [0.15, 0.2) is 0 Å². The molecule has 0 bridgehead atoms. The second-order valence-corrected chi connectivity index (χ2v) is 7.16. The van der Waals surface area contributed by atoms with Crippen LogP contribution in [0.4, 0.5) is 0 Å². The predicted molar refractivity (Wildman–Crippen MR) is 94.9 cm³/mol. The maximum Gasteiger partial charge on any atom is 0.223 e. The van der Waals surface area contributed by atoms with Crippen LogP contribution in [-0.4, -0.2) is 80.1 Å². The molecule has 2 aliphatic rings. The third kappa shape index (κ3) is 4.15. The van der Waals surface area contributed by atoms with Crippen LogP contribution in [-0.2, 0) is 15.1 Å². The summed E-state index contributed by atoms with van der Waals surface area (Å²) in [6.45, 7) is 9.11. The standard InChI is InChI=1S/C19H29N3O2/c1-19(17-6-4-3-5-7-17)16-21(14-15-24-19)9-8-18(23)22-12-10-20(2)11-13-22/h3-7H,8-16H2,1-2H3/t19-/m0/s1. The van der Waals surface area contributed by atoms with Gasteiger partial charge in [0.1, 0.15) is 5.60 Å². The highest BCUT2D eigenvalue weighted by atomic mass is 16.5. The Morgan fingerprint density at radius 2 is 1.83 bits per heavy atom. The zero-order valence-electron chi connectivity index (χ0n) is 14.9. The molecule has 24 heavy (non-hydrogen) atoms. The maximum atomic E-state index is 12.4. The highest BCUT2D eigenvalue weighted by molar-refractivity contribution is 5.76. The minimum absolute atomic E-state index is 0.281. The molecule has 132 valence electrons. The van der Waals surface area contributed by atoms with Crippen LogP contribution in [0, 0.1) is 0 Å². The first kappa shape index (κ1) is 17.4. The fourth-order valence-corrected chi connectivity index (χ4v) is 3.58. The van der Waals surface area contributed by atoms with Gasteiger partial charge in [-0.3, -0.25) is 9.69 Å². The first-order valence-electron chi connectivity index (χ1n) is 8.95. The summed E-state index contributed by atoms with van der Waals surface area (Å²) < 4.78 is 6.07. The number of carbonyl (C=O) groups excluding carboxylic acids is 1. The number of carbonyl (C=O) groups is 1. The van der Waals surface area contributed by atoms with Crippen LogP contribution in [0.3, 0.4) is 0 Å². The monoisotopic (exact) mass is 331 g/mol. The van der Waals surface area contributed by atoms with Crippen molar-refractivity contribution in [3.8, 4) is 0 Å². The van der Waals surface area contributed by atoms with Crippen LogP contribution < -0.4 is 0 Å². The van der Waals surface area contributed by atoms with E-state index in [0.29, 0.717) is 13.0 Å². The predicted octanol–water partition coefficient (Wildman–Crippen LogP) is 1.40. The molecule has 0 unspecified atom stereocenters. The van der Waals surface area contributed by atoms with Crippen molar-refractivity contribution < 1.29 is 9.53 Å². The molecular formula is C19H29N3O2. The van der Waals surface area contributed by atoms with E-state index in [4.69, 9.17) is 4.74 Å². The molecular weight excluding hydrogens is 302 g/mol. The smallest absolute Gasteiger partial charge is 0.223 e. The zero-order chi connectivity index (χ0) is 17.0. The molecule has 0 aliphatic carbocycles. The van der Waals surface area contributed by atoms with Crippen molar-refractivity contribution in [3.63, 3.8) is 0 Å². The SMILES string of the molecule is CN1CCN(C(=O)CCN2CCO[C@](C)(c3ccccc3)C2)CC1. The van der Waals surface area contributed by atoms with E-state index in [1.165, 1.54) is 5.56 Å². The van der Waals surface area contributed by atoms with E-state index in [0.717, 1.165) is 45.8 Å². The minimum atomic E-state index is -0.281. The molecule has 0 aromatic heterocycles. The molecule has 2 fully saturated rings. The van der Waals surface area contributed by atoms with E-state index < -0.39 is 0 Å². The lowest BCUT2D eigenvalue weighted by molar-refractivity contribution is -0.135. The zero-order valence-corrected chi connectivity index (χ0v) is 14.9. The number of rotatable bonds is 4. The molecule has 5 heteroatoms. The Hall–Kier alpha value is -1.43. The van der Waals surface area contributed by atoms with Crippen molar-refractivity contribution in [2.75, 3.05) is 59.5 Å². The fraction of sp³-hybridized carbons (Fsp3) is 0.632. The highest BCUT2D eigenvalue weighted by Crippen LogP contribution is 2.29. The van der Waals surface area contributed by atoms with Gasteiger partial charge < -0.3 is 14.5 Å². The summed E-state index contributed by atoms with van der Waals surface area (Å²) in [5.74, 6) is 0.288. The molecule has 1 amide bonds. The number of hydrogen-bond donors (Lipinski definition) is 0. The lowest BCUT2D eigenvalue weighted by Gasteiger charge is -2.41. The molecule has 0 radical (unpaired) electrons. The quantitative estimate of drug-likeness (QED) is 0.836. The molecule has 0 N–H and O–H groups in total. The first-order valence-corrected chi connectivity index (χ1v) is 8.95. The van der Waals surface area contributed by atoms with Gasteiger partial charge in [-0.05, 0) is 19.5 Å². The van der Waals surface area contributed by atoms with E-state index in [9.17, 15) is 4.79 Å². The molecule has 0 saturated carbocycles. The van der Waals surface area contributed by atoms with Crippen molar-refractivity contribution in [1.29, 1.82) is 0 Å². The Labute approximate surface area is 145 Å². The van der Waals surface area contributed by atoms with Crippen LogP contribution >= 0.6 is 0 Å². The van der Waals surface area contributed by atoms with Gasteiger partial charge >= 0.3 is 0 Å². The van der Waals surface area contributed by atoms with Crippen LogP contribution in [0.25, 0.3) is 0 Å². The Balaban J connectivity index is 1.51. The lowest BCUT2D eigenvalue weighted by Crippen LogP contribution is -2.50. The molecule has 1 aromatic carbocycles. The number of likely N-dealkylation sites (N-methyl/N-ethyl adjacent to an activating group) is 1. The average molecular weight is 331 g/mol. The van der Waals surface area contributed by atoms with Crippen molar-refractivity contribution in [3.05, 3.63) is 35.9 Å². The van der Waals surface area contributed by atoms with Gasteiger partial charge in [-0.2, -0.15) is 0 Å². The van der Waals surface area contributed by atoms with Gasteiger partial charge in [-0.25, -0.2) is 0 Å². The van der Waals surface area contributed by atoms with Crippen molar-refractivity contribution in [1.82, 2.24) is 14.7 Å².